The molecule has 82 valence electrons. The van der Waals surface area contributed by atoms with E-state index in [-0.39, 0.29) is 12.5 Å². The number of piperazine rings is 1. The SMILES string of the molecule is CC(=O)N1CCN(CC(C)CO)CC1. The molecule has 0 aromatic heterocycles. The van der Waals surface area contributed by atoms with E-state index in [9.17, 15) is 4.79 Å². The largest absolute Gasteiger partial charge is 0.396 e. The van der Waals surface area contributed by atoms with Crippen molar-refractivity contribution in [1.82, 2.24) is 9.80 Å². The minimum Gasteiger partial charge on any atom is -0.396 e. The van der Waals surface area contributed by atoms with Crippen molar-refractivity contribution in [2.75, 3.05) is 39.3 Å². The number of hydrogen-bond donors (Lipinski definition) is 1. The van der Waals surface area contributed by atoms with Crippen LogP contribution in [0.25, 0.3) is 0 Å². The Morgan fingerprint density at radius 3 is 2.36 bits per heavy atom. The summed E-state index contributed by atoms with van der Waals surface area (Å²) in [5.74, 6) is 0.499. The molecule has 0 bridgehead atoms. The predicted octanol–water partition coefficient (Wildman–Crippen LogP) is -0.221. The average Bonchev–Trinajstić information content (AvgIpc) is 2.18. The molecule has 1 amide bonds. The van der Waals surface area contributed by atoms with Gasteiger partial charge in [-0.05, 0) is 5.92 Å². The van der Waals surface area contributed by atoms with Gasteiger partial charge in [0.15, 0.2) is 0 Å². The molecule has 0 radical (unpaired) electrons. The molecule has 0 aromatic rings. The van der Waals surface area contributed by atoms with Crippen LogP contribution < -0.4 is 0 Å². The summed E-state index contributed by atoms with van der Waals surface area (Å²) in [6, 6.07) is 0. The number of carbonyl (C=O) groups is 1. The van der Waals surface area contributed by atoms with Crippen LogP contribution in [0.1, 0.15) is 13.8 Å². The van der Waals surface area contributed by atoms with Gasteiger partial charge in [-0.25, -0.2) is 0 Å². The maximum atomic E-state index is 11.1. The van der Waals surface area contributed by atoms with Crippen LogP contribution >= 0.6 is 0 Å². The van der Waals surface area contributed by atoms with Crippen LogP contribution in [0.4, 0.5) is 0 Å². The Labute approximate surface area is 85.5 Å². The number of rotatable bonds is 3. The number of carbonyl (C=O) groups excluding carboxylic acids is 1. The van der Waals surface area contributed by atoms with Crippen LogP contribution in [0.2, 0.25) is 0 Å². The molecule has 0 aromatic carbocycles. The standard InChI is InChI=1S/C10H20N2O2/c1-9(8-13)7-11-3-5-12(6-4-11)10(2)14/h9,13H,3-8H2,1-2H3. The fourth-order valence-corrected chi connectivity index (χ4v) is 1.74. The first-order chi connectivity index (χ1) is 6.63. The molecule has 1 unspecified atom stereocenters. The van der Waals surface area contributed by atoms with Crippen molar-refractivity contribution in [3.8, 4) is 0 Å². The van der Waals surface area contributed by atoms with Crippen LogP contribution in [0.5, 0.6) is 0 Å². The monoisotopic (exact) mass is 200 g/mol. The van der Waals surface area contributed by atoms with Gasteiger partial charge in [0.25, 0.3) is 0 Å². The lowest BCUT2D eigenvalue weighted by molar-refractivity contribution is -0.130. The summed E-state index contributed by atoms with van der Waals surface area (Å²) >= 11 is 0. The Kier molecular flexibility index (Phi) is 4.35. The molecular formula is C10H20N2O2. The first kappa shape index (κ1) is 11.5. The molecule has 1 rings (SSSR count). The predicted molar refractivity (Wildman–Crippen MR) is 54.9 cm³/mol. The first-order valence-electron chi connectivity index (χ1n) is 5.22. The Balaban J connectivity index is 2.25. The van der Waals surface area contributed by atoms with Gasteiger partial charge < -0.3 is 10.0 Å². The van der Waals surface area contributed by atoms with Gasteiger partial charge in [0.05, 0.1) is 0 Å². The van der Waals surface area contributed by atoms with Crippen molar-refractivity contribution in [2.45, 2.75) is 13.8 Å². The lowest BCUT2D eigenvalue weighted by atomic mass is 10.1. The fourth-order valence-electron chi connectivity index (χ4n) is 1.74. The van der Waals surface area contributed by atoms with E-state index in [1.54, 1.807) is 6.92 Å². The summed E-state index contributed by atoms with van der Waals surface area (Å²) in [5.41, 5.74) is 0. The van der Waals surface area contributed by atoms with E-state index < -0.39 is 0 Å². The molecule has 4 nitrogen and oxygen atoms in total. The van der Waals surface area contributed by atoms with E-state index in [4.69, 9.17) is 5.11 Å². The van der Waals surface area contributed by atoms with Crippen LogP contribution in [0.15, 0.2) is 0 Å². The summed E-state index contributed by atoms with van der Waals surface area (Å²) in [5, 5.41) is 8.91. The number of aliphatic hydroxyl groups is 1. The topological polar surface area (TPSA) is 43.8 Å². The zero-order chi connectivity index (χ0) is 10.6. The quantitative estimate of drug-likeness (QED) is 0.685. The summed E-state index contributed by atoms with van der Waals surface area (Å²) in [6.07, 6.45) is 0. The highest BCUT2D eigenvalue weighted by molar-refractivity contribution is 5.73. The molecular weight excluding hydrogens is 180 g/mol. The third-order valence-corrected chi connectivity index (χ3v) is 2.70. The van der Waals surface area contributed by atoms with Gasteiger partial charge in [-0.15, -0.1) is 0 Å². The Morgan fingerprint density at radius 1 is 1.36 bits per heavy atom. The second-order valence-corrected chi connectivity index (χ2v) is 4.09. The Hall–Kier alpha value is -0.610. The fraction of sp³-hybridized carbons (Fsp3) is 0.900. The molecule has 1 fully saturated rings. The molecule has 14 heavy (non-hydrogen) atoms. The van der Waals surface area contributed by atoms with Crippen molar-refractivity contribution >= 4 is 5.91 Å². The molecule has 1 saturated heterocycles. The molecule has 0 spiro atoms. The zero-order valence-corrected chi connectivity index (χ0v) is 9.07. The van der Waals surface area contributed by atoms with Crippen LogP contribution in [0.3, 0.4) is 0 Å². The maximum absolute atomic E-state index is 11.1. The molecule has 1 N–H and O–H groups in total. The molecule has 1 aliphatic heterocycles. The van der Waals surface area contributed by atoms with Gasteiger partial charge in [0, 0.05) is 46.3 Å². The lowest BCUT2D eigenvalue weighted by Gasteiger charge is -2.35. The Morgan fingerprint density at radius 2 is 1.93 bits per heavy atom. The highest BCUT2D eigenvalue weighted by atomic mass is 16.3. The number of amides is 1. The lowest BCUT2D eigenvalue weighted by Crippen LogP contribution is -2.49. The van der Waals surface area contributed by atoms with Crippen molar-refractivity contribution in [1.29, 1.82) is 0 Å². The second-order valence-electron chi connectivity index (χ2n) is 4.09. The van der Waals surface area contributed by atoms with Gasteiger partial charge in [-0.3, -0.25) is 9.69 Å². The summed E-state index contributed by atoms with van der Waals surface area (Å²) < 4.78 is 0. The third kappa shape index (κ3) is 3.27. The average molecular weight is 200 g/mol. The summed E-state index contributed by atoms with van der Waals surface area (Å²) in [6.45, 7) is 8.35. The third-order valence-electron chi connectivity index (χ3n) is 2.70. The van der Waals surface area contributed by atoms with Crippen molar-refractivity contribution in [3.05, 3.63) is 0 Å². The van der Waals surface area contributed by atoms with E-state index in [1.165, 1.54) is 0 Å². The van der Waals surface area contributed by atoms with Crippen molar-refractivity contribution in [3.63, 3.8) is 0 Å². The van der Waals surface area contributed by atoms with Crippen molar-refractivity contribution in [2.24, 2.45) is 5.92 Å². The molecule has 4 heteroatoms. The minimum absolute atomic E-state index is 0.167. The van der Waals surface area contributed by atoms with Crippen LogP contribution in [0, 0.1) is 5.92 Å². The van der Waals surface area contributed by atoms with E-state index in [0.29, 0.717) is 5.92 Å². The zero-order valence-electron chi connectivity index (χ0n) is 9.07. The molecule has 1 atom stereocenters. The van der Waals surface area contributed by atoms with Gasteiger partial charge in [0.1, 0.15) is 0 Å². The van der Waals surface area contributed by atoms with E-state index in [0.717, 1.165) is 32.7 Å². The van der Waals surface area contributed by atoms with Gasteiger partial charge in [0.2, 0.25) is 5.91 Å². The van der Waals surface area contributed by atoms with Crippen LogP contribution in [-0.4, -0.2) is 60.1 Å². The van der Waals surface area contributed by atoms with Crippen molar-refractivity contribution < 1.29 is 9.90 Å². The van der Waals surface area contributed by atoms with Crippen LogP contribution in [-0.2, 0) is 4.79 Å². The number of hydrogen-bond acceptors (Lipinski definition) is 3. The van der Waals surface area contributed by atoms with Gasteiger partial charge >= 0.3 is 0 Å². The van der Waals surface area contributed by atoms with E-state index in [1.807, 2.05) is 11.8 Å². The molecule has 1 aliphatic rings. The van der Waals surface area contributed by atoms with Gasteiger partial charge in [-0.2, -0.15) is 0 Å². The Bertz CT molecular complexity index is 189. The first-order valence-corrected chi connectivity index (χ1v) is 5.22. The maximum Gasteiger partial charge on any atom is 0.219 e. The summed E-state index contributed by atoms with van der Waals surface area (Å²) in [7, 11) is 0. The molecule has 0 aliphatic carbocycles. The second kappa shape index (κ2) is 5.32. The number of nitrogens with zero attached hydrogens (tertiary/aromatic N) is 2. The normalized spacial score (nSPS) is 20.9. The molecule has 1 heterocycles. The summed E-state index contributed by atoms with van der Waals surface area (Å²) in [4.78, 5) is 15.2. The minimum atomic E-state index is 0.167. The highest BCUT2D eigenvalue weighted by Crippen LogP contribution is 2.05. The van der Waals surface area contributed by atoms with Gasteiger partial charge in [-0.1, -0.05) is 6.92 Å². The number of aliphatic hydroxyl groups excluding tert-OH is 1. The van der Waals surface area contributed by atoms with E-state index in [2.05, 4.69) is 4.90 Å². The van der Waals surface area contributed by atoms with E-state index >= 15 is 0 Å². The highest BCUT2D eigenvalue weighted by Gasteiger charge is 2.19. The molecule has 0 saturated carbocycles. The smallest absolute Gasteiger partial charge is 0.219 e.